The van der Waals surface area contributed by atoms with Crippen LogP contribution in [0, 0.1) is 0 Å². The van der Waals surface area contributed by atoms with Gasteiger partial charge in [-0.1, -0.05) is 23.2 Å². The molecule has 1 amide bonds. The van der Waals surface area contributed by atoms with E-state index in [0.29, 0.717) is 21.8 Å². The van der Waals surface area contributed by atoms with Crippen molar-refractivity contribution in [3.05, 3.63) is 28.2 Å². The number of thioether (sulfide) groups is 1. The van der Waals surface area contributed by atoms with Gasteiger partial charge in [-0.15, -0.1) is 24.2 Å². The molecule has 1 aromatic rings. The lowest BCUT2D eigenvalue weighted by atomic mass is 10.2. The third kappa shape index (κ3) is 5.01. The summed E-state index contributed by atoms with van der Waals surface area (Å²) in [6.07, 6.45) is 0. The van der Waals surface area contributed by atoms with Gasteiger partial charge in [0.05, 0.1) is 10.8 Å². The number of halogens is 3. The molecule has 2 rings (SSSR count). The van der Waals surface area contributed by atoms with Crippen LogP contribution in [0.5, 0.6) is 0 Å². The van der Waals surface area contributed by atoms with Crippen LogP contribution in [-0.4, -0.2) is 42.2 Å². The Labute approximate surface area is 139 Å². The lowest BCUT2D eigenvalue weighted by Crippen LogP contribution is -2.51. The van der Waals surface area contributed by atoms with Gasteiger partial charge in [0.15, 0.2) is 0 Å². The van der Waals surface area contributed by atoms with Crippen molar-refractivity contribution in [1.82, 2.24) is 10.2 Å². The molecule has 1 fully saturated rings. The number of amides is 1. The van der Waals surface area contributed by atoms with Crippen LogP contribution in [0.4, 0.5) is 0 Å². The molecule has 1 saturated heterocycles. The lowest BCUT2D eigenvalue weighted by Gasteiger charge is -2.31. The molecule has 20 heavy (non-hydrogen) atoms. The number of carbonyl (C=O) groups is 1. The van der Waals surface area contributed by atoms with Gasteiger partial charge in [0, 0.05) is 35.6 Å². The van der Waals surface area contributed by atoms with Gasteiger partial charge in [-0.3, -0.25) is 4.79 Å². The third-order valence-corrected chi connectivity index (χ3v) is 4.68. The SMILES string of the molecule is CC1CN(C(=O)CSc2cc(Cl)ccc2Cl)CCN1.Cl. The molecule has 1 heterocycles. The van der Waals surface area contributed by atoms with Crippen molar-refractivity contribution >= 4 is 53.3 Å². The van der Waals surface area contributed by atoms with E-state index in [1.165, 1.54) is 11.8 Å². The maximum atomic E-state index is 12.1. The smallest absolute Gasteiger partial charge is 0.233 e. The van der Waals surface area contributed by atoms with Gasteiger partial charge in [-0.2, -0.15) is 0 Å². The zero-order valence-corrected chi connectivity index (χ0v) is 14.2. The summed E-state index contributed by atoms with van der Waals surface area (Å²) in [5.41, 5.74) is 0. The van der Waals surface area contributed by atoms with Gasteiger partial charge < -0.3 is 10.2 Å². The van der Waals surface area contributed by atoms with Crippen molar-refractivity contribution in [1.29, 1.82) is 0 Å². The van der Waals surface area contributed by atoms with E-state index in [-0.39, 0.29) is 18.3 Å². The van der Waals surface area contributed by atoms with Crippen molar-refractivity contribution in [3.63, 3.8) is 0 Å². The van der Waals surface area contributed by atoms with E-state index in [1.54, 1.807) is 18.2 Å². The van der Waals surface area contributed by atoms with E-state index >= 15 is 0 Å². The molecule has 1 atom stereocenters. The summed E-state index contributed by atoms with van der Waals surface area (Å²) in [6.45, 7) is 4.48. The first-order chi connectivity index (χ1) is 9.06. The predicted octanol–water partition coefficient (Wildman–Crippen LogP) is 3.33. The molecule has 1 unspecified atom stereocenters. The van der Waals surface area contributed by atoms with Crippen LogP contribution in [-0.2, 0) is 4.79 Å². The summed E-state index contributed by atoms with van der Waals surface area (Å²) in [4.78, 5) is 14.9. The van der Waals surface area contributed by atoms with E-state index in [2.05, 4.69) is 12.2 Å². The van der Waals surface area contributed by atoms with E-state index in [1.807, 2.05) is 4.90 Å². The Morgan fingerprint density at radius 2 is 2.25 bits per heavy atom. The Bertz CT molecular complexity index is 473. The molecule has 0 aliphatic carbocycles. The maximum absolute atomic E-state index is 12.1. The quantitative estimate of drug-likeness (QED) is 0.844. The van der Waals surface area contributed by atoms with Crippen molar-refractivity contribution in [2.45, 2.75) is 17.9 Å². The van der Waals surface area contributed by atoms with Gasteiger partial charge in [-0.25, -0.2) is 0 Å². The monoisotopic (exact) mass is 354 g/mol. The molecule has 0 spiro atoms. The molecule has 0 saturated carbocycles. The molecule has 112 valence electrons. The van der Waals surface area contributed by atoms with Crippen LogP contribution >= 0.6 is 47.4 Å². The van der Waals surface area contributed by atoms with Crippen LogP contribution in [0.15, 0.2) is 23.1 Å². The Morgan fingerprint density at radius 1 is 1.50 bits per heavy atom. The summed E-state index contributed by atoms with van der Waals surface area (Å²) in [5, 5.41) is 4.59. The first-order valence-corrected chi connectivity index (χ1v) is 7.89. The van der Waals surface area contributed by atoms with E-state index < -0.39 is 0 Å². The van der Waals surface area contributed by atoms with Crippen LogP contribution in [0.1, 0.15) is 6.92 Å². The normalized spacial score (nSPS) is 18.6. The van der Waals surface area contributed by atoms with Crippen molar-refractivity contribution in [2.75, 3.05) is 25.4 Å². The highest BCUT2D eigenvalue weighted by molar-refractivity contribution is 8.00. The number of benzene rings is 1. The number of nitrogens with zero attached hydrogens (tertiary/aromatic N) is 1. The topological polar surface area (TPSA) is 32.3 Å². The Kier molecular flexibility index (Phi) is 7.48. The summed E-state index contributed by atoms with van der Waals surface area (Å²) >= 11 is 13.4. The maximum Gasteiger partial charge on any atom is 0.233 e. The second-order valence-electron chi connectivity index (χ2n) is 4.56. The highest BCUT2D eigenvalue weighted by Crippen LogP contribution is 2.30. The molecular weight excluding hydrogens is 339 g/mol. The van der Waals surface area contributed by atoms with Crippen LogP contribution in [0.2, 0.25) is 10.0 Å². The summed E-state index contributed by atoms with van der Waals surface area (Å²) < 4.78 is 0. The molecule has 1 aliphatic rings. The minimum absolute atomic E-state index is 0. The van der Waals surface area contributed by atoms with E-state index in [9.17, 15) is 4.79 Å². The number of carbonyl (C=O) groups excluding carboxylic acids is 1. The van der Waals surface area contributed by atoms with Crippen LogP contribution in [0.3, 0.4) is 0 Å². The summed E-state index contributed by atoms with van der Waals surface area (Å²) in [6, 6.07) is 5.65. The summed E-state index contributed by atoms with van der Waals surface area (Å²) in [5.74, 6) is 0.543. The zero-order valence-electron chi connectivity index (χ0n) is 11.1. The number of hydrogen-bond acceptors (Lipinski definition) is 3. The van der Waals surface area contributed by atoms with Crippen molar-refractivity contribution < 1.29 is 4.79 Å². The first-order valence-electron chi connectivity index (χ1n) is 6.15. The number of piperazine rings is 1. The van der Waals surface area contributed by atoms with E-state index in [0.717, 1.165) is 24.5 Å². The fraction of sp³-hybridized carbons (Fsp3) is 0.462. The third-order valence-electron chi connectivity index (χ3n) is 2.97. The minimum atomic E-state index is 0. The van der Waals surface area contributed by atoms with Gasteiger partial charge >= 0.3 is 0 Å². The van der Waals surface area contributed by atoms with E-state index in [4.69, 9.17) is 23.2 Å². The standard InChI is InChI=1S/C13H16Cl2N2OS.ClH/c1-9-7-17(5-4-16-9)13(18)8-19-12-6-10(14)2-3-11(12)15;/h2-3,6,9,16H,4-5,7-8H2,1H3;1H. The molecule has 3 nitrogen and oxygen atoms in total. The second kappa shape index (κ2) is 8.35. The zero-order chi connectivity index (χ0) is 13.8. The second-order valence-corrected chi connectivity index (χ2v) is 6.42. The molecule has 7 heteroatoms. The summed E-state index contributed by atoms with van der Waals surface area (Å²) in [7, 11) is 0. The van der Waals surface area contributed by atoms with Gasteiger partial charge in [0.1, 0.15) is 0 Å². The Balaban J connectivity index is 0.00000200. The largest absolute Gasteiger partial charge is 0.339 e. The Hall–Kier alpha value is -0.130. The molecule has 0 radical (unpaired) electrons. The molecule has 1 N–H and O–H groups in total. The highest BCUT2D eigenvalue weighted by Gasteiger charge is 2.20. The fourth-order valence-electron chi connectivity index (χ4n) is 1.98. The molecule has 0 aromatic heterocycles. The molecule has 0 bridgehead atoms. The van der Waals surface area contributed by atoms with Crippen LogP contribution < -0.4 is 5.32 Å². The average molecular weight is 356 g/mol. The minimum Gasteiger partial charge on any atom is -0.339 e. The van der Waals surface area contributed by atoms with Crippen molar-refractivity contribution in [2.24, 2.45) is 0 Å². The molecular formula is C13H17Cl3N2OS. The van der Waals surface area contributed by atoms with Crippen molar-refractivity contribution in [3.8, 4) is 0 Å². The molecule has 1 aliphatic heterocycles. The molecule has 1 aromatic carbocycles. The van der Waals surface area contributed by atoms with Crippen LogP contribution in [0.25, 0.3) is 0 Å². The number of nitrogens with one attached hydrogen (secondary N) is 1. The number of hydrogen-bond donors (Lipinski definition) is 1. The number of rotatable bonds is 3. The average Bonchev–Trinajstić information content (AvgIpc) is 2.39. The highest BCUT2D eigenvalue weighted by atomic mass is 35.5. The Morgan fingerprint density at radius 3 is 2.95 bits per heavy atom. The fourth-order valence-corrected chi connectivity index (χ4v) is 3.37. The predicted molar refractivity (Wildman–Crippen MR) is 88.5 cm³/mol. The van der Waals surface area contributed by atoms with Gasteiger partial charge in [-0.05, 0) is 25.1 Å². The van der Waals surface area contributed by atoms with Gasteiger partial charge in [0.25, 0.3) is 0 Å². The first kappa shape index (κ1) is 17.9. The van der Waals surface area contributed by atoms with Gasteiger partial charge in [0.2, 0.25) is 5.91 Å². The lowest BCUT2D eigenvalue weighted by molar-refractivity contribution is -0.129.